The van der Waals surface area contributed by atoms with Crippen molar-refractivity contribution in [1.82, 2.24) is 0 Å². The molecule has 22 heavy (non-hydrogen) atoms. The number of aldehydes is 1. The van der Waals surface area contributed by atoms with E-state index in [0.29, 0.717) is 0 Å². The van der Waals surface area contributed by atoms with Crippen LogP contribution in [0, 0.1) is 0 Å². The van der Waals surface area contributed by atoms with Gasteiger partial charge in [-0.3, -0.25) is 0 Å². The lowest BCUT2D eigenvalue weighted by molar-refractivity contribution is -0.128. The molecule has 1 aromatic rings. The van der Waals surface area contributed by atoms with Gasteiger partial charge in [0.05, 0.1) is 17.2 Å². The summed E-state index contributed by atoms with van der Waals surface area (Å²) in [4.78, 5) is 22.3. The average molecular weight is 353 g/mol. The number of halogens is 2. The van der Waals surface area contributed by atoms with E-state index in [4.69, 9.17) is 37.8 Å². The molecule has 3 N–H and O–H groups in total. The van der Waals surface area contributed by atoms with Gasteiger partial charge < -0.3 is 29.6 Å². The molecule has 0 fully saturated rings. The van der Waals surface area contributed by atoms with Gasteiger partial charge in [-0.2, -0.15) is 0 Å². The molecule has 0 aliphatic rings. The Balaban J connectivity index is 2.83. The number of hydrogen-bond acceptors (Lipinski definition) is 7. The minimum Gasteiger partial charge on any atom is -0.494 e. The Labute approximate surface area is 136 Å². The number of aliphatic hydroxyl groups is 3. The third-order valence-corrected chi connectivity index (χ3v) is 3.35. The zero-order valence-corrected chi connectivity index (χ0v) is 12.9. The van der Waals surface area contributed by atoms with Crippen molar-refractivity contribution in [3.8, 4) is 5.75 Å². The Morgan fingerprint density at radius 1 is 1.27 bits per heavy atom. The first kappa shape index (κ1) is 18.7. The SMILES string of the molecule is COc1c(Cl)ccc(Cl)c1C(=O)OC[C@@H](O)[C@H](O)[C@@H](O)C=O. The van der Waals surface area contributed by atoms with E-state index < -0.39 is 30.9 Å². The largest absolute Gasteiger partial charge is 0.494 e. The molecule has 9 heteroatoms. The summed E-state index contributed by atoms with van der Waals surface area (Å²) in [6, 6.07) is 2.79. The quantitative estimate of drug-likeness (QED) is 0.482. The maximum Gasteiger partial charge on any atom is 0.343 e. The van der Waals surface area contributed by atoms with Crippen molar-refractivity contribution in [2.45, 2.75) is 18.3 Å². The predicted molar refractivity (Wildman–Crippen MR) is 77.4 cm³/mol. The van der Waals surface area contributed by atoms with Crippen LogP contribution >= 0.6 is 23.2 Å². The molecular formula is C13H14Cl2O7. The third kappa shape index (κ3) is 4.31. The van der Waals surface area contributed by atoms with E-state index >= 15 is 0 Å². The topological polar surface area (TPSA) is 113 Å². The molecule has 0 amide bonds. The Morgan fingerprint density at radius 2 is 1.86 bits per heavy atom. The summed E-state index contributed by atoms with van der Waals surface area (Å²) >= 11 is 11.8. The minimum atomic E-state index is -1.79. The Kier molecular flexibility index (Phi) is 7.05. The molecule has 0 saturated heterocycles. The fraction of sp³-hybridized carbons (Fsp3) is 0.385. The predicted octanol–water partition coefficient (Wildman–Crippen LogP) is 0.440. The van der Waals surface area contributed by atoms with Crippen molar-refractivity contribution in [2.24, 2.45) is 0 Å². The highest BCUT2D eigenvalue weighted by Crippen LogP contribution is 2.34. The molecule has 3 atom stereocenters. The van der Waals surface area contributed by atoms with Crippen molar-refractivity contribution in [1.29, 1.82) is 0 Å². The van der Waals surface area contributed by atoms with Gasteiger partial charge in [-0.15, -0.1) is 0 Å². The summed E-state index contributed by atoms with van der Waals surface area (Å²) in [7, 11) is 1.29. The number of hydrogen-bond donors (Lipinski definition) is 3. The van der Waals surface area contributed by atoms with Crippen LogP contribution in [0.15, 0.2) is 12.1 Å². The Bertz CT molecular complexity index is 549. The van der Waals surface area contributed by atoms with Gasteiger partial charge >= 0.3 is 5.97 Å². The van der Waals surface area contributed by atoms with Crippen molar-refractivity contribution in [2.75, 3.05) is 13.7 Å². The molecule has 0 spiro atoms. The first-order chi connectivity index (χ1) is 10.3. The fourth-order valence-corrected chi connectivity index (χ4v) is 2.02. The van der Waals surface area contributed by atoms with Crippen LogP contribution in [-0.4, -0.2) is 59.6 Å². The van der Waals surface area contributed by atoms with Crippen LogP contribution in [0.2, 0.25) is 10.0 Å². The lowest BCUT2D eigenvalue weighted by atomic mass is 10.1. The van der Waals surface area contributed by atoms with Crippen LogP contribution in [0.25, 0.3) is 0 Å². The summed E-state index contributed by atoms with van der Waals surface area (Å²) in [6.07, 6.45) is -5.19. The molecule has 0 unspecified atom stereocenters. The highest BCUT2D eigenvalue weighted by atomic mass is 35.5. The van der Waals surface area contributed by atoms with Crippen molar-refractivity contribution in [3.63, 3.8) is 0 Å². The van der Waals surface area contributed by atoms with Crippen LogP contribution in [0.5, 0.6) is 5.75 Å². The first-order valence-electron chi connectivity index (χ1n) is 6.02. The standard InChI is InChI=1S/C13H14Cl2O7/c1-21-12-7(15)3-2-6(14)10(12)13(20)22-5-9(18)11(19)8(17)4-16/h2-4,8-9,11,17-19H,5H2,1H3/t8-,9+,11+/m0/s1. The van der Waals surface area contributed by atoms with Gasteiger partial charge in [0, 0.05) is 0 Å². The summed E-state index contributed by atoms with van der Waals surface area (Å²) in [5.74, 6) is -0.946. The zero-order chi connectivity index (χ0) is 16.9. The number of carbonyl (C=O) groups is 2. The van der Waals surface area contributed by atoms with E-state index in [2.05, 4.69) is 0 Å². The van der Waals surface area contributed by atoms with E-state index in [1.54, 1.807) is 0 Å². The number of aliphatic hydroxyl groups excluding tert-OH is 3. The number of ether oxygens (including phenoxy) is 2. The Morgan fingerprint density at radius 3 is 2.41 bits per heavy atom. The zero-order valence-electron chi connectivity index (χ0n) is 11.4. The van der Waals surface area contributed by atoms with E-state index in [-0.39, 0.29) is 27.6 Å². The molecule has 7 nitrogen and oxygen atoms in total. The van der Waals surface area contributed by atoms with E-state index in [0.717, 1.165) is 0 Å². The molecule has 122 valence electrons. The number of methoxy groups -OCH3 is 1. The smallest absolute Gasteiger partial charge is 0.343 e. The summed E-state index contributed by atoms with van der Waals surface area (Å²) in [6.45, 7) is -0.670. The van der Waals surface area contributed by atoms with Crippen molar-refractivity contribution in [3.05, 3.63) is 27.7 Å². The maximum atomic E-state index is 12.0. The van der Waals surface area contributed by atoms with Crippen LogP contribution in [0.1, 0.15) is 10.4 Å². The fourth-order valence-electron chi connectivity index (χ4n) is 1.56. The average Bonchev–Trinajstić information content (AvgIpc) is 2.52. The van der Waals surface area contributed by atoms with Crippen LogP contribution in [0.4, 0.5) is 0 Å². The van der Waals surface area contributed by atoms with E-state index in [1.807, 2.05) is 0 Å². The second-order valence-electron chi connectivity index (χ2n) is 4.22. The summed E-state index contributed by atoms with van der Waals surface area (Å²) < 4.78 is 9.76. The van der Waals surface area contributed by atoms with Crippen molar-refractivity contribution >= 4 is 35.5 Å². The number of esters is 1. The monoisotopic (exact) mass is 352 g/mol. The second kappa shape index (κ2) is 8.30. The summed E-state index contributed by atoms with van der Waals surface area (Å²) in [5.41, 5.74) is -0.144. The van der Waals surface area contributed by atoms with E-state index in [9.17, 15) is 19.8 Å². The highest BCUT2D eigenvalue weighted by molar-refractivity contribution is 6.37. The van der Waals surface area contributed by atoms with Gasteiger partial charge in [-0.1, -0.05) is 23.2 Å². The van der Waals surface area contributed by atoms with Gasteiger partial charge in [-0.25, -0.2) is 4.79 Å². The third-order valence-electron chi connectivity index (χ3n) is 2.74. The second-order valence-corrected chi connectivity index (χ2v) is 5.03. The molecule has 1 rings (SSSR count). The number of benzene rings is 1. The van der Waals surface area contributed by atoms with Crippen LogP contribution < -0.4 is 4.74 Å². The molecule has 0 bridgehead atoms. The molecule has 0 aliphatic carbocycles. The van der Waals surface area contributed by atoms with E-state index in [1.165, 1.54) is 19.2 Å². The highest BCUT2D eigenvalue weighted by Gasteiger charge is 2.27. The van der Waals surface area contributed by atoms with Gasteiger partial charge in [-0.05, 0) is 12.1 Å². The Hall–Kier alpha value is -1.38. The van der Waals surface area contributed by atoms with Gasteiger partial charge in [0.1, 0.15) is 30.5 Å². The summed E-state index contributed by atoms with van der Waals surface area (Å²) in [5, 5.41) is 28.1. The lowest BCUT2D eigenvalue weighted by Gasteiger charge is -2.19. The molecule has 0 saturated carbocycles. The number of rotatable bonds is 7. The molecule has 0 aromatic heterocycles. The number of carbonyl (C=O) groups excluding carboxylic acids is 2. The first-order valence-corrected chi connectivity index (χ1v) is 6.77. The minimum absolute atomic E-state index is 0.00197. The molecule has 1 aromatic carbocycles. The van der Waals surface area contributed by atoms with Crippen LogP contribution in [0.3, 0.4) is 0 Å². The normalized spacial score (nSPS) is 14.8. The lowest BCUT2D eigenvalue weighted by Crippen LogP contribution is -2.41. The van der Waals surface area contributed by atoms with Gasteiger partial charge in [0.2, 0.25) is 0 Å². The molecule has 0 radical (unpaired) electrons. The molecule has 0 heterocycles. The van der Waals surface area contributed by atoms with Gasteiger partial charge in [0.25, 0.3) is 0 Å². The molecular weight excluding hydrogens is 339 g/mol. The molecule has 0 aliphatic heterocycles. The van der Waals surface area contributed by atoms with Crippen molar-refractivity contribution < 1.29 is 34.4 Å². The van der Waals surface area contributed by atoms with Gasteiger partial charge in [0.15, 0.2) is 12.0 Å². The van der Waals surface area contributed by atoms with Crippen LogP contribution in [-0.2, 0) is 9.53 Å². The maximum absolute atomic E-state index is 12.0.